The predicted octanol–water partition coefficient (Wildman–Crippen LogP) is 2.59. The molecule has 78 valence electrons. The van der Waals surface area contributed by atoms with E-state index in [0.717, 1.165) is 9.35 Å². The number of halogens is 1. The van der Waals surface area contributed by atoms with Gasteiger partial charge in [0.05, 0.1) is 13.2 Å². The van der Waals surface area contributed by atoms with E-state index < -0.39 is 0 Å². The number of thiophene rings is 1. The number of ether oxygens (including phenoxy) is 2. The van der Waals surface area contributed by atoms with Gasteiger partial charge in [-0.15, -0.1) is 11.3 Å². The summed E-state index contributed by atoms with van der Waals surface area (Å²) >= 11 is 4.97. The van der Waals surface area contributed by atoms with Gasteiger partial charge in [-0.1, -0.05) is 0 Å². The van der Waals surface area contributed by atoms with Crippen LogP contribution in [0.1, 0.15) is 11.8 Å². The van der Waals surface area contributed by atoms with E-state index in [9.17, 15) is 4.79 Å². The Hall–Kier alpha value is -0.390. The number of esters is 1. The highest BCUT2D eigenvalue weighted by molar-refractivity contribution is 9.10. The molecule has 1 aromatic rings. The summed E-state index contributed by atoms with van der Waals surface area (Å²) in [5.74, 6) is -0.319. The molecule has 14 heavy (non-hydrogen) atoms. The predicted molar refractivity (Wildman–Crippen MR) is 58.3 cm³/mol. The molecule has 1 aromatic heterocycles. The zero-order valence-corrected chi connectivity index (χ0v) is 10.2. The molecular formula is C9H11BrO3S. The van der Waals surface area contributed by atoms with Crippen LogP contribution in [0.25, 0.3) is 0 Å². The first-order chi connectivity index (χ1) is 6.74. The molecule has 0 bridgehead atoms. The van der Waals surface area contributed by atoms with Crippen molar-refractivity contribution < 1.29 is 14.3 Å². The van der Waals surface area contributed by atoms with Gasteiger partial charge >= 0.3 is 5.97 Å². The van der Waals surface area contributed by atoms with Crippen molar-refractivity contribution >= 4 is 33.2 Å². The quantitative estimate of drug-likeness (QED) is 0.777. The second-order valence-electron chi connectivity index (χ2n) is 2.49. The summed E-state index contributed by atoms with van der Waals surface area (Å²) in [5.41, 5.74) is 0. The molecule has 0 fully saturated rings. The van der Waals surface area contributed by atoms with Crippen molar-refractivity contribution in [1.82, 2.24) is 0 Å². The maximum atomic E-state index is 10.9. The average molecular weight is 279 g/mol. The molecule has 0 aliphatic rings. The molecule has 0 aliphatic carbocycles. The number of hydrogen-bond donors (Lipinski definition) is 0. The maximum absolute atomic E-state index is 10.9. The highest BCUT2D eigenvalue weighted by Crippen LogP contribution is 2.23. The van der Waals surface area contributed by atoms with Crippen molar-refractivity contribution in [1.29, 1.82) is 0 Å². The van der Waals surface area contributed by atoms with Crippen LogP contribution in [0.3, 0.4) is 0 Å². The van der Waals surface area contributed by atoms with Crippen molar-refractivity contribution in [2.75, 3.05) is 13.2 Å². The van der Waals surface area contributed by atoms with E-state index in [1.807, 2.05) is 11.4 Å². The Morgan fingerprint density at radius 1 is 1.64 bits per heavy atom. The Kier molecular flexibility index (Phi) is 5.14. The molecule has 0 amide bonds. The molecule has 0 atom stereocenters. The van der Waals surface area contributed by atoms with Gasteiger partial charge in [0.1, 0.15) is 6.61 Å². The van der Waals surface area contributed by atoms with Crippen LogP contribution in [0.4, 0.5) is 0 Å². The fourth-order valence-electron chi connectivity index (χ4n) is 0.858. The molecule has 0 aliphatic heterocycles. The summed E-state index contributed by atoms with van der Waals surface area (Å²) in [6.07, 6.45) is 0. The minimum Gasteiger partial charge on any atom is -0.464 e. The van der Waals surface area contributed by atoms with Crippen LogP contribution < -0.4 is 0 Å². The lowest BCUT2D eigenvalue weighted by Crippen LogP contribution is -2.11. The highest BCUT2D eigenvalue weighted by Gasteiger charge is 2.04. The van der Waals surface area contributed by atoms with Gasteiger partial charge in [0, 0.05) is 9.35 Å². The van der Waals surface area contributed by atoms with E-state index in [0.29, 0.717) is 13.2 Å². The molecule has 0 aromatic carbocycles. The second kappa shape index (κ2) is 6.16. The molecule has 0 N–H and O–H groups in total. The second-order valence-corrected chi connectivity index (χ2v) is 4.34. The van der Waals surface area contributed by atoms with E-state index in [1.54, 1.807) is 18.3 Å². The lowest BCUT2D eigenvalue weighted by Gasteiger charge is -2.02. The summed E-state index contributed by atoms with van der Waals surface area (Å²) in [4.78, 5) is 12.0. The third-order valence-corrected chi connectivity index (χ3v) is 3.35. The smallest absolute Gasteiger partial charge is 0.332 e. The molecule has 0 saturated heterocycles. The zero-order valence-electron chi connectivity index (χ0n) is 7.79. The maximum Gasteiger partial charge on any atom is 0.332 e. The number of carbonyl (C=O) groups is 1. The zero-order chi connectivity index (χ0) is 10.4. The summed E-state index contributed by atoms with van der Waals surface area (Å²) in [5, 5.41) is 1.97. The first-order valence-electron chi connectivity index (χ1n) is 4.19. The Bertz CT molecular complexity index is 298. The van der Waals surface area contributed by atoms with Gasteiger partial charge in [-0.3, -0.25) is 0 Å². The Labute approximate surface area is 95.2 Å². The van der Waals surface area contributed by atoms with Crippen LogP contribution in [-0.4, -0.2) is 19.2 Å². The molecule has 1 heterocycles. The minimum absolute atomic E-state index is 0.0121. The average Bonchev–Trinajstić information content (AvgIpc) is 2.52. The van der Waals surface area contributed by atoms with Gasteiger partial charge < -0.3 is 9.47 Å². The van der Waals surface area contributed by atoms with Gasteiger partial charge in [0.15, 0.2) is 0 Å². The van der Waals surface area contributed by atoms with E-state index >= 15 is 0 Å². The molecule has 5 heteroatoms. The normalized spacial score (nSPS) is 10.1. The van der Waals surface area contributed by atoms with Crippen LogP contribution in [0.5, 0.6) is 0 Å². The van der Waals surface area contributed by atoms with Crippen molar-refractivity contribution in [3.05, 3.63) is 20.8 Å². The topological polar surface area (TPSA) is 35.5 Å². The third kappa shape index (κ3) is 3.77. The van der Waals surface area contributed by atoms with Gasteiger partial charge in [-0.2, -0.15) is 0 Å². The van der Waals surface area contributed by atoms with Gasteiger partial charge in [0.25, 0.3) is 0 Å². The highest BCUT2D eigenvalue weighted by atomic mass is 79.9. The van der Waals surface area contributed by atoms with Crippen molar-refractivity contribution in [2.24, 2.45) is 0 Å². The minimum atomic E-state index is -0.319. The van der Waals surface area contributed by atoms with E-state index in [1.165, 1.54) is 0 Å². The van der Waals surface area contributed by atoms with Crippen molar-refractivity contribution in [3.8, 4) is 0 Å². The monoisotopic (exact) mass is 278 g/mol. The SMILES string of the molecule is CCOC(=O)COCc1sccc1Br. The molecule has 1 rings (SSSR count). The fraction of sp³-hybridized carbons (Fsp3) is 0.444. The van der Waals surface area contributed by atoms with Crippen LogP contribution in [0, 0.1) is 0 Å². The van der Waals surface area contributed by atoms with Gasteiger partial charge in [-0.05, 0) is 34.3 Å². The van der Waals surface area contributed by atoms with Crippen LogP contribution in [0.2, 0.25) is 0 Å². The van der Waals surface area contributed by atoms with Crippen molar-refractivity contribution in [3.63, 3.8) is 0 Å². The molecule has 3 nitrogen and oxygen atoms in total. The van der Waals surface area contributed by atoms with E-state index in [-0.39, 0.29) is 12.6 Å². The Balaban J connectivity index is 2.22. The number of carbonyl (C=O) groups excluding carboxylic acids is 1. The van der Waals surface area contributed by atoms with Crippen LogP contribution in [-0.2, 0) is 20.9 Å². The lowest BCUT2D eigenvalue weighted by molar-refractivity contribution is -0.148. The number of rotatable bonds is 5. The fourth-order valence-corrected chi connectivity index (χ4v) is 2.26. The van der Waals surface area contributed by atoms with Crippen LogP contribution >= 0.6 is 27.3 Å². The van der Waals surface area contributed by atoms with Gasteiger partial charge in [0.2, 0.25) is 0 Å². The molecule has 0 unspecified atom stereocenters. The first kappa shape index (κ1) is 11.7. The largest absolute Gasteiger partial charge is 0.464 e. The summed E-state index contributed by atoms with van der Waals surface area (Å²) in [6.45, 7) is 2.62. The lowest BCUT2D eigenvalue weighted by atomic mass is 10.5. The summed E-state index contributed by atoms with van der Waals surface area (Å²) in [6, 6.07) is 1.95. The first-order valence-corrected chi connectivity index (χ1v) is 5.86. The third-order valence-electron chi connectivity index (χ3n) is 1.45. The molecule has 0 radical (unpaired) electrons. The Morgan fingerprint density at radius 3 is 3.00 bits per heavy atom. The molecule has 0 saturated carbocycles. The van der Waals surface area contributed by atoms with Gasteiger partial charge in [-0.25, -0.2) is 4.79 Å². The summed E-state index contributed by atoms with van der Waals surface area (Å²) in [7, 11) is 0. The molecular weight excluding hydrogens is 268 g/mol. The molecule has 0 spiro atoms. The Morgan fingerprint density at radius 2 is 2.43 bits per heavy atom. The van der Waals surface area contributed by atoms with E-state index in [4.69, 9.17) is 9.47 Å². The van der Waals surface area contributed by atoms with Crippen molar-refractivity contribution in [2.45, 2.75) is 13.5 Å². The number of hydrogen-bond acceptors (Lipinski definition) is 4. The van der Waals surface area contributed by atoms with E-state index in [2.05, 4.69) is 15.9 Å². The van der Waals surface area contributed by atoms with Crippen LogP contribution in [0.15, 0.2) is 15.9 Å². The summed E-state index contributed by atoms with van der Waals surface area (Å²) < 4.78 is 10.9. The standard InChI is InChI=1S/C9H11BrO3S/c1-2-13-9(11)6-12-5-8-7(10)3-4-14-8/h3-4H,2,5-6H2,1H3.